The number of hydrogen-bond acceptors (Lipinski definition) is 2. The average Bonchev–Trinajstić information content (AvgIpc) is 2.35. The zero-order valence-corrected chi connectivity index (χ0v) is 12.4. The molecule has 0 saturated heterocycles. The van der Waals surface area contributed by atoms with E-state index in [0.29, 0.717) is 6.04 Å². The third-order valence-electron chi connectivity index (χ3n) is 3.54. The Balaban J connectivity index is 2.80. The molecule has 0 aliphatic carbocycles. The normalized spacial score (nSPS) is 15.1. The molecular weight excluding hydrogens is 222 g/mol. The highest BCUT2D eigenvalue weighted by Gasteiger charge is 2.24. The molecule has 0 aliphatic heterocycles. The summed E-state index contributed by atoms with van der Waals surface area (Å²) in [5.74, 6) is 0. The first-order chi connectivity index (χ1) is 8.47. The SMILES string of the molecule is CCCN(C(C)C)C(C)C(O)c1ccc(C)cc1. The Kier molecular flexibility index (Phi) is 5.83. The number of aliphatic hydroxyl groups excluding tert-OH is 1. The molecule has 1 rings (SSSR count). The number of rotatable bonds is 6. The number of nitrogens with zero attached hydrogens (tertiary/aromatic N) is 1. The summed E-state index contributed by atoms with van der Waals surface area (Å²) >= 11 is 0. The lowest BCUT2D eigenvalue weighted by Crippen LogP contribution is -2.42. The van der Waals surface area contributed by atoms with Crippen LogP contribution in [0.3, 0.4) is 0 Å². The second-order valence-electron chi connectivity index (χ2n) is 5.43. The molecule has 0 fully saturated rings. The molecule has 102 valence electrons. The van der Waals surface area contributed by atoms with E-state index in [4.69, 9.17) is 0 Å². The van der Waals surface area contributed by atoms with Gasteiger partial charge < -0.3 is 5.11 Å². The standard InChI is InChI=1S/C16H27NO/c1-6-11-17(12(2)3)14(5)16(18)15-9-7-13(4)8-10-15/h7-10,12,14,16,18H,6,11H2,1-5H3. The highest BCUT2D eigenvalue weighted by Crippen LogP contribution is 2.23. The van der Waals surface area contributed by atoms with Crippen molar-refractivity contribution >= 4 is 0 Å². The zero-order valence-electron chi connectivity index (χ0n) is 12.4. The minimum Gasteiger partial charge on any atom is -0.387 e. The molecule has 2 unspecified atom stereocenters. The quantitative estimate of drug-likeness (QED) is 0.833. The fourth-order valence-corrected chi connectivity index (χ4v) is 2.41. The average molecular weight is 249 g/mol. The number of benzene rings is 1. The molecule has 1 aromatic rings. The van der Waals surface area contributed by atoms with E-state index in [1.807, 2.05) is 12.1 Å². The van der Waals surface area contributed by atoms with Crippen LogP contribution < -0.4 is 0 Å². The molecule has 0 amide bonds. The second kappa shape index (κ2) is 6.91. The number of aryl methyl sites for hydroxylation is 1. The minimum atomic E-state index is -0.417. The van der Waals surface area contributed by atoms with Crippen LogP contribution in [0.1, 0.15) is 51.3 Å². The van der Waals surface area contributed by atoms with E-state index < -0.39 is 6.10 Å². The fraction of sp³-hybridized carbons (Fsp3) is 0.625. The molecule has 0 bridgehead atoms. The molecule has 2 nitrogen and oxygen atoms in total. The summed E-state index contributed by atoms with van der Waals surface area (Å²) in [6.07, 6.45) is 0.697. The van der Waals surface area contributed by atoms with Crippen molar-refractivity contribution in [1.29, 1.82) is 0 Å². The largest absolute Gasteiger partial charge is 0.387 e. The first kappa shape index (κ1) is 15.2. The van der Waals surface area contributed by atoms with Gasteiger partial charge in [-0.15, -0.1) is 0 Å². The van der Waals surface area contributed by atoms with E-state index in [0.717, 1.165) is 18.5 Å². The maximum absolute atomic E-state index is 10.5. The summed E-state index contributed by atoms with van der Waals surface area (Å²) in [4.78, 5) is 2.37. The lowest BCUT2D eigenvalue weighted by atomic mass is 10.00. The molecule has 0 aliphatic rings. The topological polar surface area (TPSA) is 23.5 Å². The van der Waals surface area contributed by atoms with Gasteiger partial charge in [-0.1, -0.05) is 36.8 Å². The third-order valence-corrected chi connectivity index (χ3v) is 3.54. The van der Waals surface area contributed by atoms with Gasteiger partial charge in [-0.3, -0.25) is 4.90 Å². The predicted molar refractivity (Wildman–Crippen MR) is 77.7 cm³/mol. The fourth-order valence-electron chi connectivity index (χ4n) is 2.41. The first-order valence-corrected chi connectivity index (χ1v) is 6.97. The van der Waals surface area contributed by atoms with E-state index in [1.165, 1.54) is 5.56 Å². The van der Waals surface area contributed by atoms with Crippen LogP contribution in [0.25, 0.3) is 0 Å². The second-order valence-corrected chi connectivity index (χ2v) is 5.43. The van der Waals surface area contributed by atoms with Gasteiger partial charge in [-0.25, -0.2) is 0 Å². The van der Waals surface area contributed by atoms with Crippen LogP contribution in [0.15, 0.2) is 24.3 Å². The minimum absolute atomic E-state index is 0.146. The number of aliphatic hydroxyl groups is 1. The molecule has 2 heteroatoms. The van der Waals surface area contributed by atoms with Crippen molar-refractivity contribution in [2.45, 2.75) is 59.2 Å². The van der Waals surface area contributed by atoms with Crippen LogP contribution in [0.2, 0.25) is 0 Å². The predicted octanol–water partition coefficient (Wildman–Crippen LogP) is 3.54. The maximum Gasteiger partial charge on any atom is 0.0942 e. The summed E-state index contributed by atoms with van der Waals surface area (Å²) < 4.78 is 0. The Labute approximate surface area is 112 Å². The van der Waals surface area contributed by atoms with Crippen LogP contribution in [0, 0.1) is 6.92 Å². The molecular formula is C16H27NO. The molecule has 0 spiro atoms. The van der Waals surface area contributed by atoms with Gasteiger partial charge in [0.15, 0.2) is 0 Å². The van der Waals surface area contributed by atoms with Gasteiger partial charge in [0.25, 0.3) is 0 Å². The van der Waals surface area contributed by atoms with Gasteiger partial charge in [-0.05, 0) is 46.2 Å². The zero-order chi connectivity index (χ0) is 13.7. The molecule has 1 N–H and O–H groups in total. The van der Waals surface area contributed by atoms with E-state index in [9.17, 15) is 5.11 Å². The Morgan fingerprint density at radius 2 is 1.67 bits per heavy atom. The Morgan fingerprint density at radius 3 is 2.11 bits per heavy atom. The van der Waals surface area contributed by atoms with Crippen molar-refractivity contribution < 1.29 is 5.11 Å². The van der Waals surface area contributed by atoms with Crippen molar-refractivity contribution in [2.75, 3.05) is 6.54 Å². The molecule has 18 heavy (non-hydrogen) atoms. The Hall–Kier alpha value is -0.860. The summed E-state index contributed by atoms with van der Waals surface area (Å²) in [5.41, 5.74) is 2.24. The number of hydrogen-bond donors (Lipinski definition) is 1. The maximum atomic E-state index is 10.5. The van der Waals surface area contributed by atoms with Crippen LogP contribution in [0.5, 0.6) is 0 Å². The summed E-state index contributed by atoms with van der Waals surface area (Å²) in [7, 11) is 0. The Morgan fingerprint density at radius 1 is 1.11 bits per heavy atom. The van der Waals surface area contributed by atoms with Crippen LogP contribution in [0.4, 0.5) is 0 Å². The van der Waals surface area contributed by atoms with Crippen LogP contribution >= 0.6 is 0 Å². The van der Waals surface area contributed by atoms with Gasteiger partial charge in [0.05, 0.1) is 6.10 Å². The van der Waals surface area contributed by atoms with Gasteiger partial charge >= 0.3 is 0 Å². The van der Waals surface area contributed by atoms with Crippen molar-refractivity contribution in [3.05, 3.63) is 35.4 Å². The summed E-state index contributed by atoms with van der Waals surface area (Å²) in [5, 5.41) is 10.5. The van der Waals surface area contributed by atoms with Gasteiger partial charge in [0.1, 0.15) is 0 Å². The van der Waals surface area contributed by atoms with E-state index in [-0.39, 0.29) is 6.04 Å². The smallest absolute Gasteiger partial charge is 0.0942 e. The van der Waals surface area contributed by atoms with E-state index >= 15 is 0 Å². The van der Waals surface area contributed by atoms with Crippen LogP contribution in [-0.4, -0.2) is 28.6 Å². The lowest BCUT2D eigenvalue weighted by molar-refractivity contribution is 0.0402. The Bertz CT molecular complexity index is 345. The molecule has 0 radical (unpaired) electrons. The highest BCUT2D eigenvalue weighted by atomic mass is 16.3. The first-order valence-electron chi connectivity index (χ1n) is 6.97. The molecule has 2 atom stereocenters. The van der Waals surface area contributed by atoms with Gasteiger partial charge in [0.2, 0.25) is 0 Å². The van der Waals surface area contributed by atoms with E-state index in [2.05, 4.69) is 51.7 Å². The van der Waals surface area contributed by atoms with Crippen LogP contribution in [-0.2, 0) is 0 Å². The van der Waals surface area contributed by atoms with Crippen molar-refractivity contribution in [2.24, 2.45) is 0 Å². The monoisotopic (exact) mass is 249 g/mol. The molecule has 0 saturated carbocycles. The summed E-state index contributed by atoms with van der Waals surface area (Å²) in [6, 6.07) is 8.78. The third kappa shape index (κ3) is 3.82. The van der Waals surface area contributed by atoms with Crippen molar-refractivity contribution in [1.82, 2.24) is 4.90 Å². The van der Waals surface area contributed by atoms with Crippen molar-refractivity contribution in [3.8, 4) is 0 Å². The van der Waals surface area contributed by atoms with Crippen molar-refractivity contribution in [3.63, 3.8) is 0 Å². The molecule has 0 aromatic heterocycles. The molecule has 1 aromatic carbocycles. The lowest BCUT2D eigenvalue weighted by Gasteiger charge is -2.35. The van der Waals surface area contributed by atoms with E-state index in [1.54, 1.807) is 0 Å². The summed E-state index contributed by atoms with van der Waals surface area (Å²) in [6.45, 7) is 11.8. The highest BCUT2D eigenvalue weighted by molar-refractivity contribution is 5.24. The van der Waals surface area contributed by atoms with Gasteiger partial charge in [0, 0.05) is 12.1 Å². The molecule has 0 heterocycles. The van der Waals surface area contributed by atoms with Gasteiger partial charge in [-0.2, -0.15) is 0 Å².